The van der Waals surface area contributed by atoms with Crippen molar-refractivity contribution in [3.05, 3.63) is 17.7 Å². The number of carbonyl (C=O) groups is 1. The minimum atomic E-state index is -0.682. The number of carboxylic acid groups (broad SMARTS) is 1. The second kappa shape index (κ2) is 5.57. The molecule has 0 spiro atoms. The highest BCUT2D eigenvalue weighted by molar-refractivity contribution is 7.99. The van der Waals surface area contributed by atoms with Gasteiger partial charge in [-0.1, -0.05) is 6.42 Å². The van der Waals surface area contributed by atoms with E-state index in [2.05, 4.69) is 27.5 Å². The quantitative estimate of drug-likeness (QED) is 0.923. The number of aryl methyl sites for hydroxylation is 1. The molecule has 1 aromatic rings. The summed E-state index contributed by atoms with van der Waals surface area (Å²) in [7, 11) is 0. The van der Waals surface area contributed by atoms with Crippen molar-refractivity contribution in [3.63, 3.8) is 0 Å². The molecule has 0 radical (unpaired) electrons. The molecule has 1 N–H and O–H groups in total. The first-order valence-corrected chi connectivity index (χ1v) is 8.16. The number of aliphatic carboxylic acids is 1. The van der Waals surface area contributed by atoms with Gasteiger partial charge in [-0.15, -0.1) is 0 Å². The molecule has 0 aromatic carbocycles. The van der Waals surface area contributed by atoms with Crippen molar-refractivity contribution >= 4 is 17.7 Å². The van der Waals surface area contributed by atoms with Crippen molar-refractivity contribution in [2.75, 3.05) is 5.75 Å². The monoisotopic (exact) mass is 280 g/mol. The lowest BCUT2D eigenvalue weighted by Crippen LogP contribution is -2.25. The molecule has 3 heterocycles. The topological polar surface area (TPSA) is 55.1 Å². The lowest BCUT2D eigenvalue weighted by molar-refractivity contribution is -0.142. The van der Waals surface area contributed by atoms with E-state index < -0.39 is 5.97 Å². The van der Waals surface area contributed by atoms with Crippen molar-refractivity contribution in [1.82, 2.24) is 9.55 Å². The van der Waals surface area contributed by atoms with Crippen LogP contribution in [0.15, 0.2) is 6.20 Å². The van der Waals surface area contributed by atoms with Gasteiger partial charge in [0.15, 0.2) is 0 Å². The average molecular weight is 280 g/mol. The largest absolute Gasteiger partial charge is 0.481 e. The van der Waals surface area contributed by atoms with E-state index in [1.54, 1.807) is 0 Å². The highest BCUT2D eigenvalue weighted by Gasteiger charge is 2.26. The molecule has 2 aliphatic rings. The highest BCUT2D eigenvalue weighted by Crippen LogP contribution is 2.28. The highest BCUT2D eigenvalue weighted by atomic mass is 32.2. The van der Waals surface area contributed by atoms with Crippen LogP contribution >= 0.6 is 11.8 Å². The summed E-state index contributed by atoms with van der Waals surface area (Å²) in [6, 6.07) is 0. The van der Waals surface area contributed by atoms with E-state index in [-0.39, 0.29) is 5.92 Å². The number of aromatic nitrogens is 2. The van der Waals surface area contributed by atoms with Crippen LogP contribution in [-0.4, -0.2) is 31.6 Å². The lowest BCUT2D eigenvalue weighted by atomic mass is 9.98. The summed E-state index contributed by atoms with van der Waals surface area (Å²) in [6.45, 7) is 0.803. The van der Waals surface area contributed by atoms with Crippen LogP contribution in [0.4, 0.5) is 0 Å². The van der Waals surface area contributed by atoms with E-state index in [9.17, 15) is 4.79 Å². The van der Waals surface area contributed by atoms with E-state index >= 15 is 0 Å². The fourth-order valence-electron chi connectivity index (χ4n) is 3.00. The van der Waals surface area contributed by atoms with Gasteiger partial charge in [0.2, 0.25) is 0 Å². The predicted molar refractivity (Wildman–Crippen MR) is 75.5 cm³/mol. The van der Waals surface area contributed by atoms with E-state index in [1.165, 1.54) is 25.0 Å². The Kier molecular flexibility index (Phi) is 3.82. The van der Waals surface area contributed by atoms with Crippen LogP contribution in [0.3, 0.4) is 0 Å². The van der Waals surface area contributed by atoms with Crippen LogP contribution in [-0.2, 0) is 24.2 Å². The summed E-state index contributed by atoms with van der Waals surface area (Å²) in [5.74, 6) is 1.32. The van der Waals surface area contributed by atoms with Gasteiger partial charge in [-0.3, -0.25) is 4.79 Å². The van der Waals surface area contributed by atoms with Crippen LogP contribution in [0.5, 0.6) is 0 Å². The maximum atomic E-state index is 11.0. The first kappa shape index (κ1) is 13.0. The third-order valence-electron chi connectivity index (χ3n) is 4.12. The van der Waals surface area contributed by atoms with Gasteiger partial charge in [0.1, 0.15) is 5.82 Å². The van der Waals surface area contributed by atoms with Gasteiger partial charge >= 0.3 is 5.97 Å². The van der Waals surface area contributed by atoms with Crippen LogP contribution < -0.4 is 0 Å². The number of hydrogen-bond donors (Lipinski definition) is 1. The van der Waals surface area contributed by atoms with E-state index in [0.29, 0.717) is 11.7 Å². The molecule has 5 heteroatoms. The van der Waals surface area contributed by atoms with Crippen molar-refractivity contribution in [2.24, 2.45) is 5.92 Å². The zero-order chi connectivity index (χ0) is 13.2. The number of rotatable bonds is 3. The van der Waals surface area contributed by atoms with Gasteiger partial charge in [-0.05, 0) is 25.0 Å². The molecule has 0 amide bonds. The molecule has 1 fully saturated rings. The van der Waals surface area contributed by atoms with Gasteiger partial charge in [0, 0.05) is 30.8 Å². The number of imidazole rings is 1. The average Bonchev–Trinajstić information content (AvgIpc) is 2.80. The summed E-state index contributed by atoms with van der Waals surface area (Å²) >= 11 is 2.07. The van der Waals surface area contributed by atoms with Crippen molar-refractivity contribution < 1.29 is 9.90 Å². The standard InChI is InChI=1S/C14H20N2O2S/c17-14(18)10-4-5-16-9-11(15-13(16)7-10)8-12-3-1-2-6-19-12/h9-10,12H,1-8H2,(H,17,18). The molecule has 2 aliphatic heterocycles. The second-order valence-electron chi connectivity index (χ2n) is 5.56. The van der Waals surface area contributed by atoms with Crippen molar-refractivity contribution in [2.45, 2.75) is 50.3 Å². The number of carboxylic acids is 1. The van der Waals surface area contributed by atoms with Crippen LogP contribution in [0, 0.1) is 5.92 Å². The van der Waals surface area contributed by atoms with Crippen LogP contribution in [0.2, 0.25) is 0 Å². The molecule has 1 saturated heterocycles. The Morgan fingerprint density at radius 3 is 3.11 bits per heavy atom. The summed E-state index contributed by atoms with van der Waals surface area (Å²) in [4.78, 5) is 15.7. The number of hydrogen-bond acceptors (Lipinski definition) is 3. The van der Waals surface area contributed by atoms with E-state index in [1.807, 2.05) is 0 Å². The fraction of sp³-hybridized carbons (Fsp3) is 0.714. The number of nitrogens with zero attached hydrogens (tertiary/aromatic N) is 2. The molecule has 0 bridgehead atoms. The molecule has 1 aromatic heterocycles. The zero-order valence-corrected chi connectivity index (χ0v) is 11.9. The maximum Gasteiger partial charge on any atom is 0.307 e. The molecule has 0 aliphatic carbocycles. The summed E-state index contributed by atoms with van der Waals surface area (Å²) < 4.78 is 2.16. The number of thioether (sulfide) groups is 1. The van der Waals surface area contributed by atoms with E-state index in [0.717, 1.165) is 30.9 Å². The Hall–Kier alpha value is -0.970. The van der Waals surface area contributed by atoms with Gasteiger partial charge < -0.3 is 9.67 Å². The molecule has 4 nitrogen and oxygen atoms in total. The van der Waals surface area contributed by atoms with Gasteiger partial charge in [-0.2, -0.15) is 11.8 Å². The van der Waals surface area contributed by atoms with E-state index in [4.69, 9.17) is 5.11 Å². The second-order valence-corrected chi connectivity index (χ2v) is 6.97. The minimum Gasteiger partial charge on any atom is -0.481 e. The van der Waals surface area contributed by atoms with Crippen molar-refractivity contribution in [1.29, 1.82) is 0 Å². The summed E-state index contributed by atoms with van der Waals surface area (Å²) in [5, 5.41) is 9.80. The van der Waals surface area contributed by atoms with Crippen LogP contribution in [0.1, 0.15) is 37.2 Å². The van der Waals surface area contributed by atoms with Crippen LogP contribution in [0.25, 0.3) is 0 Å². The minimum absolute atomic E-state index is 0.244. The lowest BCUT2D eigenvalue weighted by Gasteiger charge is -2.19. The molecule has 0 saturated carbocycles. The fourth-order valence-corrected chi connectivity index (χ4v) is 4.32. The first-order valence-electron chi connectivity index (χ1n) is 7.11. The molecule has 2 unspecified atom stereocenters. The summed E-state index contributed by atoms with van der Waals surface area (Å²) in [6.07, 6.45) is 8.49. The van der Waals surface area contributed by atoms with Gasteiger partial charge in [0.05, 0.1) is 11.6 Å². The molecule has 104 valence electrons. The number of fused-ring (bicyclic) bond motifs is 1. The zero-order valence-electron chi connectivity index (χ0n) is 11.0. The third-order valence-corrected chi connectivity index (χ3v) is 5.51. The Bertz CT molecular complexity index is 466. The first-order chi connectivity index (χ1) is 9.22. The van der Waals surface area contributed by atoms with Gasteiger partial charge in [-0.25, -0.2) is 4.98 Å². The Morgan fingerprint density at radius 2 is 2.37 bits per heavy atom. The molecule has 3 rings (SSSR count). The molecule has 19 heavy (non-hydrogen) atoms. The van der Waals surface area contributed by atoms with Gasteiger partial charge in [0.25, 0.3) is 0 Å². The maximum absolute atomic E-state index is 11.0. The Balaban J connectivity index is 1.67. The molecular formula is C14H20N2O2S. The third kappa shape index (κ3) is 2.96. The molecular weight excluding hydrogens is 260 g/mol. The predicted octanol–water partition coefficient (Wildman–Crippen LogP) is 2.36. The molecule has 2 atom stereocenters. The van der Waals surface area contributed by atoms with Crippen molar-refractivity contribution in [3.8, 4) is 0 Å². The summed E-state index contributed by atoms with van der Waals surface area (Å²) in [5.41, 5.74) is 1.15. The SMILES string of the molecule is O=C(O)C1CCn2cc(CC3CCCCS3)nc2C1. The smallest absolute Gasteiger partial charge is 0.307 e. The Labute approximate surface area is 117 Å². The Morgan fingerprint density at radius 1 is 1.47 bits per heavy atom. The normalized spacial score (nSPS) is 26.9.